The molecule has 35 heavy (non-hydrogen) atoms. The summed E-state index contributed by atoms with van der Waals surface area (Å²) in [5.41, 5.74) is 1.35. The molecule has 0 saturated carbocycles. The summed E-state index contributed by atoms with van der Waals surface area (Å²) in [5, 5.41) is 11.1. The Morgan fingerprint density at radius 1 is 1.00 bits per heavy atom. The Morgan fingerprint density at radius 3 is 2.43 bits per heavy atom. The van der Waals surface area contributed by atoms with Gasteiger partial charge in [0.2, 0.25) is 17.7 Å². The highest BCUT2D eigenvalue weighted by Gasteiger charge is 2.35. The third kappa shape index (κ3) is 4.96. The average Bonchev–Trinajstić information content (AvgIpc) is 3.56. The van der Waals surface area contributed by atoms with Gasteiger partial charge in [0.15, 0.2) is 5.82 Å². The third-order valence-corrected chi connectivity index (χ3v) is 5.62. The fourth-order valence-electron chi connectivity index (χ4n) is 3.77. The van der Waals surface area contributed by atoms with E-state index in [0.717, 1.165) is 5.69 Å². The quantitative estimate of drug-likeness (QED) is 0.440. The molecule has 0 aliphatic carbocycles. The van der Waals surface area contributed by atoms with Crippen molar-refractivity contribution in [3.05, 3.63) is 79.4 Å². The van der Waals surface area contributed by atoms with Crippen molar-refractivity contribution in [2.45, 2.75) is 6.42 Å². The van der Waals surface area contributed by atoms with Crippen LogP contribution in [0.2, 0.25) is 0 Å². The van der Waals surface area contributed by atoms with Crippen molar-refractivity contribution in [1.29, 1.82) is 0 Å². The number of nitrogens with one attached hydrogen (secondary N) is 1. The van der Waals surface area contributed by atoms with E-state index in [0.29, 0.717) is 35.4 Å². The Morgan fingerprint density at radius 2 is 1.77 bits per heavy atom. The van der Waals surface area contributed by atoms with Crippen LogP contribution in [0.5, 0.6) is 17.4 Å². The number of hydrogen-bond donors (Lipinski definition) is 1. The zero-order valence-electron chi connectivity index (χ0n) is 18.9. The molecule has 2 aromatic heterocycles. The van der Waals surface area contributed by atoms with Crippen LogP contribution in [-0.2, 0) is 9.59 Å². The van der Waals surface area contributed by atoms with Gasteiger partial charge in [0.05, 0.1) is 13.0 Å². The van der Waals surface area contributed by atoms with Crippen LogP contribution in [0.3, 0.4) is 0 Å². The molecule has 4 aromatic rings. The highest BCUT2D eigenvalue weighted by Crippen LogP contribution is 2.28. The van der Waals surface area contributed by atoms with Gasteiger partial charge in [0.25, 0.3) is 0 Å². The summed E-state index contributed by atoms with van der Waals surface area (Å²) in [5.74, 6) is 1.50. The summed E-state index contributed by atoms with van der Waals surface area (Å²) < 4.78 is 12.6. The summed E-state index contributed by atoms with van der Waals surface area (Å²) in [6.07, 6.45) is 5.23. The first-order chi connectivity index (χ1) is 17.1. The summed E-state index contributed by atoms with van der Waals surface area (Å²) in [6.45, 7) is 0.325. The molecule has 2 amide bonds. The first-order valence-corrected chi connectivity index (χ1v) is 10.9. The lowest BCUT2D eigenvalue weighted by Crippen LogP contribution is -2.28. The Labute approximate surface area is 201 Å². The number of imidazole rings is 1. The molecule has 1 unspecified atom stereocenters. The molecule has 10 heteroatoms. The maximum Gasteiger partial charge on any atom is 0.238 e. The normalized spacial score (nSPS) is 15.2. The Bertz CT molecular complexity index is 1310. The summed E-state index contributed by atoms with van der Waals surface area (Å²) >= 11 is 0. The van der Waals surface area contributed by atoms with E-state index < -0.39 is 5.92 Å². The monoisotopic (exact) mass is 470 g/mol. The summed E-state index contributed by atoms with van der Waals surface area (Å²) in [7, 11) is 1.59. The van der Waals surface area contributed by atoms with Crippen LogP contribution >= 0.6 is 0 Å². The van der Waals surface area contributed by atoms with Gasteiger partial charge in [-0.2, -0.15) is 0 Å². The first-order valence-electron chi connectivity index (χ1n) is 10.9. The van der Waals surface area contributed by atoms with Crippen LogP contribution in [0, 0.1) is 5.92 Å². The number of carbonyl (C=O) groups is 2. The van der Waals surface area contributed by atoms with E-state index in [2.05, 4.69) is 20.5 Å². The number of amides is 2. The molecule has 0 bridgehead atoms. The first kappa shape index (κ1) is 22.1. The largest absolute Gasteiger partial charge is 0.497 e. The second kappa shape index (κ2) is 9.64. The number of benzene rings is 2. The highest BCUT2D eigenvalue weighted by molar-refractivity contribution is 6.03. The Balaban J connectivity index is 1.17. The lowest BCUT2D eigenvalue weighted by Gasteiger charge is -2.17. The van der Waals surface area contributed by atoms with Crippen molar-refractivity contribution < 1.29 is 19.1 Å². The van der Waals surface area contributed by atoms with E-state index in [1.807, 2.05) is 12.1 Å². The van der Waals surface area contributed by atoms with E-state index in [1.54, 1.807) is 83.8 Å². The van der Waals surface area contributed by atoms with Crippen molar-refractivity contribution in [3.8, 4) is 23.2 Å². The van der Waals surface area contributed by atoms with Crippen molar-refractivity contribution in [2.24, 2.45) is 5.92 Å². The predicted molar refractivity (Wildman–Crippen MR) is 128 cm³/mol. The molecule has 1 N–H and O–H groups in total. The van der Waals surface area contributed by atoms with Crippen molar-refractivity contribution in [1.82, 2.24) is 19.7 Å². The summed E-state index contributed by atoms with van der Waals surface area (Å²) in [6, 6.07) is 17.6. The third-order valence-electron chi connectivity index (χ3n) is 5.62. The van der Waals surface area contributed by atoms with E-state index in [4.69, 9.17) is 9.47 Å². The van der Waals surface area contributed by atoms with Crippen molar-refractivity contribution in [3.63, 3.8) is 0 Å². The predicted octanol–water partition coefficient (Wildman–Crippen LogP) is 3.45. The van der Waals surface area contributed by atoms with Gasteiger partial charge >= 0.3 is 0 Å². The molecule has 5 rings (SSSR count). The minimum Gasteiger partial charge on any atom is -0.497 e. The van der Waals surface area contributed by atoms with Gasteiger partial charge in [0.1, 0.15) is 17.8 Å². The second-order valence-corrected chi connectivity index (χ2v) is 7.92. The number of hydrogen-bond acceptors (Lipinski definition) is 7. The zero-order chi connectivity index (χ0) is 24.2. The molecule has 10 nitrogen and oxygen atoms in total. The molecule has 1 aliphatic rings. The van der Waals surface area contributed by atoms with Gasteiger partial charge in [-0.3, -0.25) is 14.2 Å². The van der Waals surface area contributed by atoms with Gasteiger partial charge in [-0.05, 0) is 54.6 Å². The van der Waals surface area contributed by atoms with Crippen molar-refractivity contribution in [2.75, 3.05) is 23.9 Å². The molecule has 3 heterocycles. The number of rotatable bonds is 7. The molecule has 1 aliphatic heterocycles. The molecule has 1 atom stereocenters. The van der Waals surface area contributed by atoms with Crippen LogP contribution in [0.4, 0.5) is 11.4 Å². The van der Waals surface area contributed by atoms with Crippen LogP contribution < -0.4 is 19.7 Å². The standard InChI is InChI=1S/C25H22N6O4/c1-34-20-8-4-19(5-9-20)31-15-17(14-24(31)32)25(33)27-18-2-6-21(7-3-18)35-23-11-10-22(28-29-23)30-13-12-26-16-30/h2-13,16-17H,14-15H2,1H3,(H,27,33). The fourth-order valence-corrected chi connectivity index (χ4v) is 3.77. The van der Waals surface area contributed by atoms with Crippen molar-refractivity contribution >= 4 is 23.2 Å². The smallest absolute Gasteiger partial charge is 0.238 e. The minimum atomic E-state index is -0.440. The topological polar surface area (TPSA) is 111 Å². The molecule has 0 spiro atoms. The molecular formula is C25H22N6O4. The molecule has 176 valence electrons. The van der Waals surface area contributed by atoms with Gasteiger partial charge in [-0.25, -0.2) is 4.98 Å². The fraction of sp³-hybridized carbons (Fsp3) is 0.160. The number of methoxy groups -OCH3 is 1. The lowest BCUT2D eigenvalue weighted by molar-refractivity contribution is -0.122. The number of carbonyl (C=O) groups excluding carboxylic acids is 2. The maximum atomic E-state index is 12.8. The number of nitrogens with zero attached hydrogens (tertiary/aromatic N) is 5. The van der Waals surface area contributed by atoms with E-state index in [-0.39, 0.29) is 18.2 Å². The highest BCUT2D eigenvalue weighted by atomic mass is 16.5. The lowest BCUT2D eigenvalue weighted by atomic mass is 10.1. The van der Waals surface area contributed by atoms with Gasteiger partial charge < -0.3 is 19.7 Å². The van der Waals surface area contributed by atoms with E-state index >= 15 is 0 Å². The van der Waals surface area contributed by atoms with Gasteiger partial charge in [-0.1, -0.05) is 0 Å². The number of ether oxygens (including phenoxy) is 2. The Hall–Kier alpha value is -4.73. The summed E-state index contributed by atoms with van der Waals surface area (Å²) in [4.78, 5) is 30.9. The minimum absolute atomic E-state index is 0.0840. The maximum absolute atomic E-state index is 12.8. The van der Waals surface area contributed by atoms with E-state index in [1.165, 1.54) is 0 Å². The number of anilines is 2. The molecule has 1 fully saturated rings. The van der Waals surface area contributed by atoms with Gasteiger partial charge in [-0.15, -0.1) is 10.2 Å². The van der Waals surface area contributed by atoms with Crippen LogP contribution in [0.25, 0.3) is 5.82 Å². The average molecular weight is 470 g/mol. The molecule has 0 radical (unpaired) electrons. The Kier molecular flexibility index (Phi) is 6.08. The molecule has 1 saturated heterocycles. The van der Waals surface area contributed by atoms with Crippen LogP contribution in [0.1, 0.15) is 6.42 Å². The SMILES string of the molecule is COc1ccc(N2CC(C(=O)Nc3ccc(Oc4ccc(-n5ccnc5)nn4)cc3)CC2=O)cc1. The second-order valence-electron chi connectivity index (χ2n) is 7.92. The zero-order valence-corrected chi connectivity index (χ0v) is 18.9. The van der Waals surface area contributed by atoms with Gasteiger partial charge in [0, 0.05) is 42.8 Å². The van der Waals surface area contributed by atoms with Crippen LogP contribution in [-0.4, -0.2) is 45.2 Å². The molecule has 2 aromatic carbocycles. The molecular weight excluding hydrogens is 448 g/mol. The van der Waals surface area contributed by atoms with E-state index in [9.17, 15) is 9.59 Å². The van der Waals surface area contributed by atoms with Crippen LogP contribution in [0.15, 0.2) is 79.4 Å². The number of aromatic nitrogens is 4.